The summed E-state index contributed by atoms with van der Waals surface area (Å²) in [6.45, 7) is 0. The summed E-state index contributed by atoms with van der Waals surface area (Å²) in [6.07, 6.45) is 10.3. The van der Waals surface area contributed by atoms with Gasteiger partial charge in [-0.25, -0.2) is 0 Å². The van der Waals surface area contributed by atoms with E-state index in [1.54, 1.807) is 18.2 Å². The van der Waals surface area contributed by atoms with Crippen LogP contribution in [0.1, 0.15) is 11.1 Å². The molecule has 0 spiro atoms. The normalized spacial score (nSPS) is 7.80. The first-order valence-electron chi connectivity index (χ1n) is 2.81. The number of benzene rings is 1. The molecule has 0 saturated carbocycles. The number of terminal acetylenes is 2. The molecule has 0 aromatic heterocycles. The molecule has 0 unspecified atom stereocenters. The summed E-state index contributed by atoms with van der Waals surface area (Å²) in [6, 6.07) is 8.07. The van der Waals surface area contributed by atoms with Crippen molar-refractivity contribution in [3.05, 3.63) is 35.4 Å². The van der Waals surface area contributed by atoms with E-state index in [-0.39, 0.29) is 0 Å². The summed E-state index contributed by atoms with van der Waals surface area (Å²) in [5.41, 5.74) is 1.55. The van der Waals surface area contributed by atoms with Gasteiger partial charge in [-0.15, -0.1) is 12.8 Å². The predicted molar refractivity (Wildman–Crippen MR) is 41.1 cm³/mol. The van der Waals surface area contributed by atoms with Crippen LogP contribution in [0.4, 0.5) is 0 Å². The van der Waals surface area contributed by atoms with Crippen LogP contribution in [0.3, 0.4) is 0 Å². The lowest BCUT2D eigenvalue weighted by molar-refractivity contribution is 1.59. The van der Waals surface area contributed by atoms with Crippen molar-refractivity contribution in [2.24, 2.45) is 0 Å². The van der Waals surface area contributed by atoms with Crippen LogP contribution in [0.25, 0.3) is 0 Å². The minimum Gasteiger partial charge on any atom is -0.115 e. The van der Waals surface area contributed by atoms with Crippen LogP contribution in [0, 0.1) is 30.8 Å². The Balaban J connectivity index is 3.17. The molecule has 0 nitrogen and oxygen atoms in total. The van der Waals surface area contributed by atoms with Crippen LogP contribution in [-0.4, -0.2) is 0 Å². The molecule has 0 amide bonds. The minimum absolute atomic E-state index is 0.774. The van der Waals surface area contributed by atoms with Gasteiger partial charge in [0.2, 0.25) is 0 Å². The molecule has 45 valence electrons. The molecule has 1 radical (unpaired) electrons. The topological polar surface area (TPSA) is 0 Å². The maximum Gasteiger partial charge on any atom is 0.0261 e. The van der Waals surface area contributed by atoms with E-state index >= 15 is 0 Å². The summed E-state index contributed by atoms with van der Waals surface area (Å²) in [4.78, 5) is 0. The van der Waals surface area contributed by atoms with Crippen molar-refractivity contribution in [3.8, 4) is 24.7 Å². The second-order valence-electron chi connectivity index (χ2n) is 1.80. The SMILES string of the molecule is C#Cc1c[c]cc(C#C)c1. The molecule has 0 aliphatic carbocycles. The van der Waals surface area contributed by atoms with Crippen LogP contribution < -0.4 is 0 Å². The Labute approximate surface area is 60.9 Å². The van der Waals surface area contributed by atoms with Gasteiger partial charge < -0.3 is 0 Å². The summed E-state index contributed by atoms with van der Waals surface area (Å²) in [7, 11) is 0. The third kappa shape index (κ3) is 1.19. The molecule has 0 bridgehead atoms. The zero-order valence-electron chi connectivity index (χ0n) is 5.39. The second kappa shape index (κ2) is 2.76. The maximum absolute atomic E-state index is 5.13. The summed E-state index contributed by atoms with van der Waals surface area (Å²) < 4.78 is 0. The first kappa shape index (κ1) is 6.46. The highest BCUT2D eigenvalue weighted by Crippen LogP contribution is 2.00. The van der Waals surface area contributed by atoms with Crippen molar-refractivity contribution in [1.82, 2.24) is 0 Å². The molecule has 1 aromatic rings. The van der Waals surface area contributed by atoms with Gasteiger partial charge >= 0.3 is 0 Å². The van der Waals surface area contributed by atoms with E-state index in [0.29, 0.717) is 0 Å². The van der Waals surface area contributed by atoms with Gasteiger partial charge in [0.1, 0.15) is 0 Å². The third-order valence-corrected chi connectivity index (χ3v) is 1.12. The Kier molecular flexibility index (Phi) is 1.78. The molecule has 0 saturated heterocycles. The fourth-order valence-electron chi connectivity index (χ4n) is 0.639. The van der Waals surface area contributed by atoms with Gasteiger partial charge in [-0.1, -0.05) is 11.8 Å². The van der Waals surface area contributed by atoms with Crippen LogP contribution in [0.2, 0.25) is 0 Å². The lowest BCUT2D eigenvalue weighted by Crippen LogP contribution is -1.76. The molecular formula is C10H5. The Morgan fingerprint density at radius 1 is 1.10 bits per heavy atom. The van der Waals surface area contributed by atoms with E-state index in [2.05, 4.69) is 17.9 Å². The van der Waals surface area contributed by atoms with E-state index in [1.807, 2.05) is 0 Å². The maximum atomic E-state index is 5.13. The van der Waals surface area contributed by atoms with Crippen LogP contribution in [0.5, 0.6) is 0 Å². The van der Waals surface area contributed by atoms with Crippen molar-refractivity contribution in [2.75, 3.05) is 0 Å². The number of rotatable bonds is 0. The van der Waals surface area contributed by atoms with Gasteiger partial charge in [0.15, 0.2) is 0 Å². The average Bonchev–Trinajstić information content (AvgIpc) is 2.05. The molecule has 10 heavy (non-hydrogen) atoms. The van der Waals surface area contributed by atoms with Gasteiger partial charge in [0.05, 0.1) is 0 Å². The van der Waals surface area contributed by atoms with E-state index < -0.39 is 0 Å². The zero-order valence-corrected chi connectivity index (χ0v) is 5.39. The monoisotopic (exact) mass is 125 g/mol. The molecular weight excluding hydrogens is 120 g/mol. The Hall–Kier alpha value is -1.66. The highest BCUT2D eigenvalue weighted by Gasteiger charge is 1.87. The zero-order chi connectivity index (χ0) is 7.40. The average molecular weight is 125 g/mol. The molecule has 1 aromatic carbocycles. The fourth-order valence-corrected chi connectivity index (χ4v) is 0.639. The van der Waals surface area contributed by atoms with E-state index in [1.165, 1.54) is 0 Å². The van der Waals surface area contributed by atoms with Crippen molar-refractivity contribution in [3.63, 3.8) is 0 Å². The second-order valence-corrected chi connectivity index (χ2v) is 1.80. The molecule has 1 rings (SSSR count). The number of hydrogen-bond acceptors (Lipinski definition) is 0. The van der Waals surface area contributed by atoms with E-state index in [4.69, 9.17) is 12.8 Å². The highest BCUT2D eigenvalue weighted by molar-refractivity contribution is 5.41. The summed E-state index contributed by atoms with van der Waals surface area (Å²) in [5, 5.41) is 0. The van der Waals surface area contributed by atoms with Gasteiger partial charge in [-0.05, 0) is 24.3 Å². The molecule has 0 heterocycles. The first-order chi connectivity index (χ1) is 4.86. The highest BCUT2D eigenvalue weighted by atomic mass is 13.9. The summed E-state index contributed by atoms with van der Waals surface area (Å²) in [5.74, 6) is 4.95. The quantitative estimate of drug-likeness (QED) is 0.460. The van der Waals surface area contributed by atoms with Gasteiger partial charge in [0.25, 0.3) is 0 Å². The van der Waals surface area contributed by atoms with Crippen molar-refractivity contribution in [2.45, 2.75) is 0 Å². The predicted octanol–water partition coefficient (Wildman–Crippen LogP) is 1.45. The van der Waals surface area contributed by atoms with Crippen LogP contribution in [0.15, 0.2) is 18.2 Å². The van der Waals surface area contributed by atoms with Crippen molar-refractivity contribution in [1.29, 1.82) is 0 Å². The summed E-state index contributed by atoms with van der Waals surface area (Å²) >= 11 is 0. The first-order valence-corrected chi connectivity index (χ1v) is 2.81. The van der Waals surface area contributed by atoms with Crippen LogP contribution >= 0.6 is 0 Å². The molecule has 0 aliphatic heterocycles. The van der Waals surface area contributed by atoms with Crippen molar-refractivity contribution >= 4 is 0 Å². The molecule has 0 aliphatic rings. The largest absolute Gasteiger partial charge is 0.115 e. The fraction of sp³-hybridized carbons (Fsp3) is 0. The van der Waals surface area contributed by atoms with Gasteiger partial charge in [0, 0.05) is 11.1 Å². The lowest BCUT2D eigenvalue weighted by Gasteiger charge is -1.89. The Morgan fingerprint density at radius 2 is 1.60 bits per heavy atom. The minimum atomic E-state index is 0.774. The molecule has 0 atom stereocenters. The van der Waals surface area contributed by atoms with Crippen LogP contribution in [-0.2, 0) is 0 Å². The molecule has 0 fully saturated rings. The van der Waals surface area contributed by atoms with Crippen molar-refractivity contribution < 1.29 is 0 Å². The van der Waals surface area contributed by atoms with Gasteiger partial charge in [-0.2, -0.15) is 0 Å². The lowest BCUT2D eigenvalue weighted by atomic mass is 10.1. The number of hydrogen-bond donors (Lipinski definition) is 0. The third-order valence-electron chi connectivity index (χ3n) is 1.12. The Morgan fingerprint density at radius 3 is 2.00 bits per heavy atom. The molecule has 0 heteroatoms. The molecule has 0 N–H and O–H groups in total. The Bertz CT molecular complexity index is 278. The van der Waals surface area contributed by atoms with Gasteiger partial charge in [-0.3, -0.25) is 0 Å². The standard InChI is InChI=1S/C10H5/c1-3-9-6-5-7-10(4-2)8-9/h1-2,6-8H. The van der Waals surface area contributed by atoms with E-state index in [0.717, 1.165) is 11.1 Å². The van der Waals surface area contributed by atoms with E-state index in [9.17, 15) is 0 Å². The smallest absolute Gasteiger partial charge is 0.0261 e.